The zero-order chi connectivity index (χ0) is 18.7. The summed E-state index contributed by atoms with van der Waals surface area (Å²) in [6, 6.07) is 5.32. The number of non-ortho nitro benzene ring substituents is 1. The van der Waals surface area contributed by atoms with Crippen LogP contribution >= 0.6 is 0 Å². The maximum atomic E-state index is 12.6. The fourth-order valence-corrected chi connectivity index (χ4v) is 2.84. The van der Waals surface area contributed by atoms with Gasteiger partial charge in [-0.2, -0.15) is 10.1 Å². The van der Waals surface area contributed by atoms with Crippen LogP contribution in [0, 0.1) is 10.1 Å². The lowest BCUT2D eigenvalue weighted by Gasteiger charge is -2.29. The molecule has 1 N–H and O–H groups in total. The Morgan fingerprint density at radius 3 is 2.96 bits per heavy atom. The fraction of sp³-hybridized carbons (Fsp3) is 0.312. The van der Waals surface area contributed by atoms with Gasteiger partial charge in [-0.1, -0.05) is 12.1 Å². The molecular weight excluding hydrogens is 342 g/mol. The van der Waals surface area contributed by atoms with Gasteiger partial charge in [-0.25, -0.2) is 9.48 Å². The molecule has 0 bridgehead atoms. The molecule has 1 atom stereocenters. The van der Waals surface area contributed by atoms with Gasteiger partial charge < -0.3 is 14.8 Å². The Kier molecular flexibility index (Phi) is 4.94. The molecule has 0 spiro atoms. The second kappa shape index (κ2) is 7.31. The first-order valence-corrected chi connectivity index (χ1v) is 7.86. The number of esters is 1. The number of nitro groups is 1. The summed E-state index contributed by atoms with van der Waals surface area (Å²) in [5.74, 6) is -0.147. The minimum atomic E-state index is -0.724. The van der Waals surface area contributed by atoms with Crippen molar-refractivity contribution in [3.05, 3.63) is 57.5 Å². The first-order valence-electron chi connectivity index (χ1n) is 7.86. The van der Waals surface area contributed by atoms with Crippen LogP contribution in [0.1, 0.15) is 18.5 Å². The number of aromatic nitrogens is 3. The number of methoxy groups -OCH3 is 1. The van der Waals surface area contributed by atoms with Gasteiger partial charge in [-0.05, 0) is 12.5 Å². The zero-order valence-corrected chi connectivity index (χ0v) is 14.2. The molecule has 0 saturated heterocycles. The number of ether oxygens (including phenoxy) is 2. The lowest BCUT2D eigenvalue weighted by atomic mass is 9.95. The summed E-state index contributed by atoms with van der Waals surface area (Å²) >= 11 is 0. The van der Waals surface area contributed by atoms with Crippen molar-refractivity contribution in [1.82, 2.24) is 14.8 Å². The van der Waals surface area contributed by atoms with Gasteiger partial charge in [0.1, 0.15) is 12.4 Å². The number of nitrogens with one attached hydrogen (secondary N) is 1. The molecule has 26 heavy (non-hydrogen) atoms. The summed E-state index contributed by atoms with van der Waals surface area (Å²) in [6.07, 6.45) is 1.34. The van der Waals surface area contributed by atoms with E-state index in [0.29, 0.717) is 17.2 Å². The van der Waals surface area contributed by atoms with Crippen molar-refractivity contribution in [2.24, 2.45) is 0 Å². The number of nitrogens with zero attached hydrogens (tertiary/aromatic N) is 4. The molecule has 136 valence electrons. The van der Waals surface area contributed by atoms with Gasteiger partial charge in [0.05, 0.1) is 29.4 Å². The summed E-state index contributed by atoms with van der Waals surface area (Å²) < 4.78 is 11.9. The van der Waals surface area contributed by atoms with Crippen LogP contribution in [0.4, 0.5) is 11.6 Å². The average molecular weight is 359 g/mol. The Hall–Kier alpha value is -3.27. The van der Waals surface area contributed by atoms with Crippen LogP contribution in [0.2, 0.25) is 0 Å². The molecule has 0 fully saturated rings. The lowest BCUT2D eigenvalue weighted by molar-refractivity contribution is -0.384. The van der Waals surface area contributed by atoms with Gasteiger partial charge in [0.15, 0.2) is 0 Å². The largest absolute Gasteiger partial charge is 0.463 e. The van der Waals surface area contributed by atoms with Crippen molar-refractivity contribution < 1.29 is 19.2 Å². The molecule has 2 aromatic rings. The highest BCUT2D eigenvalue weighted by molar-refractivity contribution is 5.92. The number of rotatable bonds is 6. The number of anilines is 1. The van der Waals surface area contributed by atoms with E-state index in [4.69, 9.17) is 9.47 Å². The third-order valence-electron chi connectivity index (χ3n) is 3.86. The van der Waals surface area contributed by atoms with Crippen LogP contribution < -0.4 is 5.32 Å². The summed E-state index contributed by atoms with van der Waals surface area (Å²) in [5, 5.41) is 18.3. The SMILES string of the molecule is CCOC(=O)C1=C(COC)Nc2ncnn2C1c1cccc([N+](=O)[O-])c1. The number of carbonyl (C=O) groups is 1. The lowest BCUT2D eigenvalue weighted by Crippen LogP contribution is -2.31. The Morgan fingerprint density at radius 2 is 2.27 bits per heavy atom. The standard InChI is InChI=1S/C16H17N5O5/c1-3-26-15(22)13-12(8-25-2)19-16-17-9-18-20(16)14(13)10-5-4-6-11(7-10)21(23)24/h4-7,9,14H,3,8H2,1-2H3,(H,17,18,19). The van der Waals surface area contributed by atoms with E-state index in [2.05, 4.69) is 15.4 Å². The number of hydrogen-bond donors (Lipinski definition) is 1. The van der Waals surface area contributed by atoms with Crippen molar-refractivity contribution >= 4 is 17.6 Å². The van der Waals surface area contributed by atoms with Crippen LogP contribution in [0.5, 0.6) is 0 Å². The van der Waals surface area contributed by atoms with Gasteiger partial charge >= 0.3 is 5.97 Å². The highest BCUT2D eigenvalue weighted by Crippen LogP contribution is 2.36. The second-order valence-corrected chi connectivity index (χ2v) is 5.45. The molecule has 0 amide bonds. The fourth-order valence-electron chi connectivity index (χ4n) is 2.84. The maximum absolute atomic E-state index is 12.6. The van der Waals surface area contributed by atoms with E-state index in [1.807, 2.05) is 0 Å². The first kappa shape index (κ1) is 17.5. The van der Waals surface area contributed by atoms with Crippen molar-refractivity contribution in [2.45, 2.75) is 13.0 Å². The van der Waals surface area contributed by atoms with E-state index in [0.717, 1.165) is 0 Å². The van der Waals surface area contributed by atoms with E-state index in [1.165, 1.54) is 30.3 Å². The average Bonchev–Trinajstić information content (AvgIpc) is 3.09. The molecule has 1 aliphatic heterocycles. The molecular formula is C16H17N5O5. The normalized spacial score (nSPS) is 16.0. The number of benzene rings is 1. The number of hydrogen-bond acceptors (Lipinski definition) is 8. The molecule has 0 aliphatic carbocycles. The van der Waals surface area contributed by atoms with Crippen molar-refractivity contribution in [2.75, 3.05) is 25.6 Å². The van der Waals surface area contributed by atoms with Gasteiger partial charge in [-0.3, -0.25) is 10.1 Å². The third kappa shape index (κ3) is 3.14. The molecule has 3 rings (SSSR count). The Bertz CT molecular complexity index is 875. The molecule has 2 heterocycles. The molecule has 1 unspecified atom stereocenters. The summed E-state index contributed by atoms with van der Waals surface area (Å²) in [6.45, 7) is 2.01. The Morgan fingerprint density at radius 1 is 1.46 bits per heavy atom. The van der Waals surface area contributed by atoms with Gasteiger partial charge in [0, 0.05) is 19.2 Å². The monoisotopic (exact) mass is 359 g/mol. The molecule has 1 aromatic carbocycles. The number of fused-ring (bicyclic) bond motifs is 1. The highest BCUT2D eigenvalue weighted by Gasteiger charge is 2.36. The topological polar surface area (TPSA) is 121 Å². The molecule has 1 aliphatic rings. The summed E-state index contributed by atoms with van der Waals surface area (Å²) in [5.41, 5.74) is 1.18. The van der Waals surface area contributed by atoms with E-state index >= 15 is 0 Å². The Balaban J connectivity index is 2.19. The quantitative estimate of drug-likeness (QED) is 0.469. The van der Waals surface area contributed by atoms with E-state index < -0.39 is 16.9 Å². The second-order valence-electron chi connectivity index (χ2n) is 5.45. The van der Waals surface area contributed by atoms with Crippen LogP contribution in [0.25, 0.3) is 0 Å². The smallest absolute Gasteiger partial charge is 0.338 e. The van der Waals surface area contributed by atoms with Gasteiger partial charge in [-0.15, -0.1) is 0 Å². The molecule has 0 saturated carbocycles. The number of nitro benzene ring substituents is 1. The summed E-state index contributed by atoms with van der Waals surface area (Å²) in [7, 11) is 1.50. The van der Waals surface area contributed by atoms with Crippen LogP contribution in [0.3, 0.4) is 0 Å². The van der Waals surface area contributed by atoms with E-state index in [1.54, 1.807) is 19.1 Å². The van der Waals surface area contributed by atoms with Gasteiger partial charge in [0.25, 0.3) is 5.69 Å². The van der Waals surface area contributed by atoms with Crippen molar-refractivity contribution in [3.63, 3.8) is 0 Å². The molecule has 1 aromatic heterocycles. The minimum Gasteiger partial charge on any atom is -0.463 e. The van der Waals surface area contributed by atoms with Crippen LogP contribution in [-0.2, 0) is 14.3 Å². The third-order valence-corrected chi connectivity index (χ3v) is 3.86. The minimum absolute atomic E-state index is 0.0841. The summed E-state index contributed by atoms with van der Waals surface area (Å²) in [4.78, 5) is 27.4. The predicted molar refractivity (Wildman–Crippen MR) is 90.4 cm³/mol. The van der Waals surface area contributed by atoms with E-state index in [-0.39, 0.29) is 24.5 Å². The zero-order valence-electron chi connectivity index (χ0n) is 14.2. The van der Waals surface area contributed by atoms with Crippen LogP contribution in [-0.4, -0.2) is 46.0 Å². The molecule has 0 radical (unpaired) electrons. The maximum Gasteiger partial charge on any atom is 0.338 e. The first-order chi connectivity index (χ1) is 12.6. The van der Waals surface area contributed by atoms with Gasteiger partial charge in [0.2, 0.25) is 5.95 Å². The molecule has 10 nitrogen and oxygen atoms in total. The Labute approximate surface area is 148 Å². The van der Waals surface area contributed by atoms with E-state index in [9.17, 15) is 14.9 Å². The highest BCUT2D eigenvalue weighted by atomic mass is 16.6. The van der Waals surface area contributed by atoms with Crippen molar-refractivity contribution in [1.29, 1.82) is 0 Å². The van der Waals surface area contributed by atoms with Crippen LogP contribution in [0.15, 0.2) is 41.9 Å². The van der Waals surface area contributed by atoms with Crippen molar-refractivity contribution in [3.8, 4) is 0 Å². The molecule has 10 heteroatoms. The predicted octanol–water partition coefficient (Wildman–Crippen LogP) is 1.66. The number of carbonyl (C=O) groups excluding carboxylic acids is 1.